The highest BCUT2D eigenvalue weighted by molar-refractivity contribution is 7.99. The highest BCUT2D eigenvalue weighted by Gasteiger charge is 2.34. The number of aromatic hydroxyl groups is 1. The van der Waals surface area contributed by atoms with E-state index in [2.05, 4.69) is 20.8 Å². The molecule has 1 aromatic carbocycles. The van der Waals surface area contributed by atoms with Gasteiger partial charge in [-0.25, -0.2) is 0 Å². The summed E-state index contributed by atoms with van der Waals surface area (Å²) in [5.74, 6) is -0.0760. The summed E-state index contributed by atoms with van der Waals surface area (Å²) in [7, 11) is 1.57. The van der Waals surface area contributed by atoms with Crippen LogP contribution in [0.1, 0.15) is 31.2 Å². The van der Waals surface area contributed by atoms with Gasteiger partial charge >= 0.3 is 0 Å². The third-order valence-electron chi connectivity index (χ3n) is 5.33. The Morgan fingerprint density at radius 1 is 1.21 bits per heavy atom. The normalized spacial score (nSPS) is 23.8. The lowest BCUT2D eigenvalue weighted by Gasteiger charge is -2.28. The largest absolute Gasteiger partial charge is 0.507 e. The molecule has 146 valence electrons. The van der Waals surface area contributed by atoms with Crippen LogP contribution < -0.4 is 10.6 Å². The van der Waals surface area contributed by atoms with Gasteiger partial charge in [0.05, 0.1) is 5.69 Å². The lowest BCUT2D eigenvalue weighted by Crippen LogP contribution is -2.39. The van der Waals surface area contributed by atoms with Gasteiger partial charge in [-0.3, -0.25) is 4.79 Å². The Morgan fingerprint density at radius 2 is 2.00 bits per heavy atom. The van der Waals surface area contributed by atoms with Crippen molar-refractivity contribution in [2.24, 2.45) is 0 Å². The van der Waals surface area contributed by atoms with Gasteiger partial charge in [0.15, 0.2) is 0 Å². The minimum atomic E-state index is -0.190. The number of aromatic nitrogens is 2. The molecule has 2 fully saturated rings. The number of nitrogens with one attached hydrogen (secondary N) is 2. The second-order valence-corrected chi connectivity index (χ2v) is 8.65. The first-order valence-corrected chi connectivity index (χ1v) is 10.5. The predicted molar refractivity (Wildman–Crippen MR) is 111 cm³/mol. The molecule has 0 spiro atoms. The molecule has 28 heavy (non-hydrogen) atoms. The van der Waals surface area contributed by atoms with Crippen LogP contribution in [0.5, 0.6) is 5.75 Å². The van der Waals surface area contributed by atoms with Crippen LogP contribution >= 0.6 is 11.8 Å². The number of thioether (sulfide) groups is 1. The lowest BCUT2D eigenvalue weighted by atomic mass is 10.1. The number of rotatable bonds is 5. The first-order chi connectivity index (χ1) is 13.6. The molecule has 0 unspecified atom stereocenters. The number of carbonyl (C=O) groups excluding carboxylic acids is 1. The average Bonchev–Trinajstić information content (AvgIpc) is 3.05. The van der Waals surface area contributed by atoms with E-state index >= 15 is 0 Å². The summed E-state index contributed by atoms with van der Waals surface area (Å²) in [4.78, 5) is 11.3. The van der Waals surface area contributed by atoms with Crippen LogP contribution in [0.15, 0.2) is 41.4 Å². The van der Waals surface area contributed by atoms with Crippen molar-refractivity contribution in [3.8, 4) is 17.0 Å². The van der Waals surface area contributed by atoms with Gasteiger partial charge in [0.1, 0.15) is 10.8 Å². The van der Waals surface area contributed by atoms with Gasteiger partial charge < -0.3 is 15.7 Å². The minimum Gasteiger partial charge on any atom is -0.507 e. The Kier molecular flexibility index (Phi) is 5.64. The summed E-state index contributed by atoms with van der Waals surface area (Å²) in [6, 6.07) is 10.5. The molecule has 0 aliphatic carbocycles. The Balaban J connectivity index is 1.43. The van der Waals surface area contributed by atoms with Gasteiger partial charge in [0, 0.05) is 36.0 Å². The van der Waals surface area contributed by atoms with Crippen LogP contribution in [-0.4, -0.2) is 45.6 Å². The summed E-state index contributed by atoms with van der Waals surface area (Å²) in [6.45, 7) is 0. The third kappa shape index (κ3) is 4.36. The zero-order chi connectivity index (χ0) is 19.5. The van der Waals surface area contributed by atoms with Crippen LogP contribution in [0.2, 0.25) is 0 Å². The van der Waals surface area contributed by atoms with Gasteiger partial charge in [-0.1, -0.05) is 6.07 Å². The smallest absolute Gasteiger partial charge is 0.243 e. The summed E-state index contributed by atoms with van der Waals surface area (Å²) < 4.78 is 0. The summed E-state index contributed by atoms with van der Waals surface area (Å²) >= 11 is 1.81. The molecule has 6 nitrogen and oxygen atoms in total. The van der Waals surface area contributed by atoms with Crippen LogP contribution in [-0.2, 0) is 4.79 Å². The first kappa shape index (κ1) is 19.0. The molecule has 3 atom stereocenters. The number of carbonyl (C=O) groups is 1. The highest BCUT2D eigenvalue weighted by atomic mass is 32.2. The monoisotopic (exact) mass is 396 g/mol. The van der Waals surface area contributed by atoms with Crippen LogP contribution in [0.25, 0.3) is 17.3 Å². The fourth-order valence-electron chi connectivity index (χ4n) is 3.92. The number of hydrogen-bond donors (Lipinski definition) is 3. The maximum atomic E-state index is 11.3. The predicted octanol–water partition coefficient (Wildman–Crippen LogP) is 2.98. The van der Waals surface area contributed by atoms with Crippen LogP contribution in [0, 0.1) is 0 Å². The Bertz CT molecular complexity index is 872. The zero-order valence-corrected chi connectivity index (χ0v) is 16.6. The third-order valence-corrected chi connectivity index (χ3v) is 6.51. The van der Waals surface area contributed by atoms with E-state index in [-0.39, 0.29) is 11.7 Å². The number of phenolic OH excluding ortho intramolecular Hbond substituents is 1. The van der Waals surface area contributed by atoms with Crippen molar-refractivity contribution in [3.05, 3.63) is 42.0 Å². The Hall–Kier alpha value is -2.38. The maximum Gasteiger partial charge on any atom is 0.243 e. The van der Waals surface area contributed by atoms with Crippen molar-refractivity contribution in [1.82, 2.24) is 20.8 Å². The number of piperidine rings is 1. The summed E-state index contributed by atoms with van der Waals surface area (Å²) in [5.41, 5.74) is 2.00. The highest BCUT2D eigenvalue weighted by Crippen LogP contribution is 2.37. The molecule has 4 rings (SSSR count). The number of fused-ring (bicyclic) bond motifs is 2. The molecule has 3 heterocycles. The van der Waals surface area contributed by atoms with Crippen molar-refractivity contribution in [1.29, 1.82) is 0 Å². The Morgan fingerprint density at radius 3 is 2.64 bits per heavy atom. The van der Waals surface area contributed by atoms with Crippen molar-refractivity contribution < 1.29 is 9.90 Å². The SMILES string of the molecule is CNC(=O)/C=C/c1ccc(-c2ccc(S[C@H]3C[C@H]4CC[C@@H](C3)N4)nn2)c(O)c1. The minimum absolute atomic E-state index is 0.115. The van der Waals surface area contributed by atoms with E-state index in [4.69, 9.17) is 0 Å². The van der Waals surface area contributed by atoms with E-state index in [1.165, 1.54) is 31.8 Å². The van der Waals surface area contributed by atoms with E-state index in [0.29, 0.717) is 28.6 Å². The first-order valence-electron chi connectivity index (χ1n) is 9.60. The van der Waals surface area contributed by atoms with Crippen molar-refractivity contribution in [2.45, 2.75) is 48.0 Å². The van der Waals surface area contributed by atoms with E-state index in [9.17, 15) is 9.90 Å². The fourth-order valence-corrected chi connectivity index (χ4v) is 5.16. The quantitative estimate of drug-likeness (QED) is 0.674. The van der Waals surface area contributed by atoms with Crippen molar-refractivity contribution in [3.63, 3.8) is 0 Å². The number of amides is 1. The molecule has 2 aliphatic heterocycles. The van der Waals surface area contributed by atoms with Crippen molar-refractivity contribution >= 4 is 23.7 Å². The maximum absolute atomic E-state index is 11.3. The second kappa shape index (κ2) is 8.32. The standard InChI is InChI=1S/C21H24N4O2S/c1-22-20(27)8-3-13-2-6-17(19(26)10-13)18-7-9-21(25-24-18)28-16-11-14-4-5-15(12-16)23-14/h2-3,6-10,14-16,23,26H,4-5,11-12H2,1H3,(H,22,27)/b8-3+/t14-,15+,16+. The molecular weight excluding hydrogens is 372 g/mol. The average molecular weight is 397 g/mol. The van der Waals surface area contributed by atoms with Crippen LogP contribution in [0.4, 0.5) is 0 Å². The van der Waals surface area contributed by atoms with E-state index in [1.54, 1.807) is 25.3 Å². The number of nitrogens with zero attached hydrogens (tertiary/aromatic N) is 2. The number of likely N-dealkylation sites (N-methyl/N-ethyl adjacent to an activating group) is 1. The summed E-state index contributed by atoms with van der Waals surface area (Å²) in [6.07, 6.45) is 8.04. The molecule has 0 radical (unpaired) electrons. The molecule has 1 aromatic heterocycles. The molecule has 2 aliphatic rings. The second-order valence-electron chi connectivity index (χ2n) is 7.33. The van der Waals surface area contributed by atoms with Gasteiger partial charge in [0.2, 0.25) is 5.91 Å². The lowest BCUT2D eigenvalue weighted by molar-refractivity contribution is -0.115. The van der Waals surface area contributed by atoms with E-state index in [0.717, 1.165) is 10.6 Å². The molecule has 7 heteroatoms. The number of benzene rings is 1. The Labute approximate surface area is 168 Å². The zero-order valence-electron chi connectivity index (χ0n) is 15.8. The molecule has 2 saturated heterocycles. The van der Waals surface area contributed by atoms with Gasteiger partial charge in [-0.15, -0.1) is 22.0 Å². The topological polar surface area (TPSA) is 87.1 Å². The molecule has 2 bridgehead atoms. The summed E-state index contributed by atoms with van der Waals surface area (Å²) in [5, 5.41) is 26.7. The van der Waals surface area contributed by atoms with Gasteiger partial charge in [-0.05, 0) is 61.6 Å². The molecule has 2 aromatic rings. The number of phenols is 1. The van der Waals surface area contributed by atoms with E-state index in [1.807, 2.05) is 30.0 Å². The van der Waals surface area contributed by atoms with Gasteiger partial charge in [-0.2, -0.15) is 0 Å². The molecule has 0 saturated carbocycles. The van der Waals surface area contributed by atoms with Crippen molar-refractivity contribution in [2.75, 3.05) is 7.05 Å². The van der Waals surface area contributed by atoms with Crippen LogP contribution in [0.3, 0.4) is 0 Å². The van der Waals surface area contributed by atoms with Gasteiger partial charge in [0.25, 0.3) is 0 Å². The fraction of sp³-hybridized carbons (Fsp3) is 0.381. The number of hydrogen-bond acceptors (Lipinski definition) is 6. The molecule has 3 N–H and O–H groups in total. The van der Waals surface area contributed by atoms with E-state index < -0.39 is 0 Å². The molecular formula is C21H24N4O2S. The molecule has 1 amide bonds.